The highest BCUT2D eigenvalue weighted by atomic mass is 32.2. The molecule has 2 atom stereocenters. The van der Waals surface area contributed by atoms with Crippen molar-refractivity contribution >= 4 is 15.7 Å². The number of rotatable bonds is 11. The maximum absolute atomic E-state index is 14.7. The number of carbonyl (C=O) groups excluding carboxylic acids is 1. The fourth-order valence-electron chi connectivity index (χ4n) is 4.29. The van der Waals surface area contributed by atoms with E-state index in [2.05, 4.69) is 10.1 Å². The first-order chi connectivity index (χ1) is 18.2. The molecule has 0 aliphatic heterocycles. The molecule has 1 amide bonds. The normalized spacial score (nSPS) is 13.7. The molecule has 1 heterocycles. The minimum Gasteiger partial charge on any atom is -0.331 e. The summed E-state index contributed by atoms with van der Waals surface area (Å²) in [5.41, 5.74) is 5.72. The molecule has 0 spiro atoms. The standard InChI is InChI=1S/C27H34F3N5O3S/c1-27(2,3)24(34(13-12-20(31)15-28)23(36)17-39(4,37)38)26-32-25(21-14-19(29)10-11-22(21)30)33-35(26)16-18-8-6-5-7-9-18/h5-11,14,20,24H,12-13,15-17,31H2,1-4H3. The maximum atomic E-state index is 14.7. The van der Waals surface area contributed by atoms with Crippen LogP contribution in [0.3, 0.4) is 0 Å². The SMILES string of the molecule is CC(C)(C)C(c1nc(-c2cc(F)ccc2F)nn1Cc1ccccc1)N(CCC(N)CF)C(=O)CS(C)(=O)=O. The Morgan fingerprint density at radius 1 is 1.13 bits per heavy atom. The third kappa shape index (κ3) is 8.12. The Morgan fingerprint density at radius 3 is 2.38 bits per heavy atom. The Hall–Kier alpha value is -3.25. The molecule has 212 valence electrons. The Labute approximate surface area is 226 Å². The number of alkyl halides is 1. The van der Waals surface area contributed by atoms with E-state index in [4.69, 9.17) is 5.73 Å². The van der Waals surface area contributed by atoms with Gasteiger partial charge in [0.05, 0.1) is 18.2 Å². The lowest BCUT2D eigenvalue weighted by Gasteiger charge is -2.40. The monoisotopic (exact) mass is 565 g/mol. The predicted molar refractivity (Wildman–Crippen MR) is 143 cm³/mol. The summed E-state index contributed by atoms with van der Waals surface area (Å²) in [6.07, 6.45) is 1.02. The van der Waals surface area contributed by atoms with E-state index in [1.165, 1.54) is 9.58 Å². The molecule has 0 saturated heterocycles. The Bertz CT molecular complexity index is 1390. The number of hydrogen-bond donors (Lipinski definition) is 1. The number of amides is 1. The molecule has 3 aromatic rings. The highest BCUT2D eigenvalue weighted by molar-refractivity contribution is 7.91. The second-order valence-electron chi connectivity index (χ2n) is 10.7. The fourth-order valence-corrected chi connectivity index (χ4v) is 4.91. The minimum absolute atomic E-state index is 0.0523. The molecule has 0 bridgehead atoms. The quantitative estimate of drug-likeness (QED) is 0.377. The average molecular weight is 566 g/mol. The Balaban J connectivity index is 2.22. The lowest BCUT2D eigenvalue weighted by Crippen LogP contribution is -2.46. The second kappa shape index (κ2) is 12.3. The van der Waals surface area contributed by atoms with Gasteiger partial charge in [0.2, 0.25) is 5.91 Å². The van der Waals surface area contributed by atoms with Gasteiger partial charge in [-0.25, -0.2) is 31.3 Å². The van der Waals surface area contributed by atoms with Crippen LogP contribution in [0, 0.1) is 17.0 Å². The maximum Gasteiger partial charge on any atom is 0.238 e. The van der Waals surface area contributed by atoms with Gasteiger partial charge in [-0.3, -0.25) is 4.79 Å². The van der Waals surface area contributed by atoms with Gasteiger partial charge in [-0.15, -0.1) is 0 Å². The summed E-state index contributed by atoms with van der Waals surface area (Å²) in [4.78, 5) is 19.3. The minimum atomic E-state index is -3.71. The first kappa shape index (κ1) is 30.3. The molecule has 2 N–H and O–H groups in total. The van der Waals surface area contributed by atoms with Gasteiger partial charge in [-0.05, 0) is 35.6 Å². The van der Waals surface area contributed by atoms with Gasteiger partial charge >= 0.3 is 0 Å². The van der Waals surface area contributed by atoms with E-state index in [0.717, 1.165) is 30.0 Å². The van der Waals surface area contributed by atoms with Crippen molar-refractivity contribution in [3.05, 3.63) is 71.6 Å². The zero-order chi connectivity index (χ0) is 29.0. The molecule has 0 fully saturated rings. The number of hydrogen-bond acceptors (Lipinski definition) is 6. The van der Waals surface area contributed by atoms with Crippen molar-refractivity contribution in [2.24, 2.45) is 11.1 Å². The van der Waals surface area contributed by atoms with E-state index in [1.54, 1.807) is 0 Å². The van der Waals surface area contributed by atoms with E-state index in [9.17, 15) is 26.4 Å². The lowest BCUT2D eigenvalue weighted by atomic mass is 9.84. The van der Waals surface area contributed by atoms with Crippen LogP contribution in [-0.2, 0) is 21.2 Å². The van der Waals surface area contributed by atoms with Crippen molar-refractivity contribution in [1.82, 2.24) is 19.7 Å². The largest absolute Gasteiger partial charge is 0.331 e. The zero-order valence-electron chi connectivity index (χ0n) is 22.4. The zero-order valence-corrected chi connectivity index (χ0v) is 23.3. The van der Waals surface area contributed by atoms with Gasteiger partial charge in [-0.2, -0.15) is 5.10 Å². The van der Waals surface area contributed by atoms with Crippen LogP contribution in [0.2, 0.25) is 0 Å². The van der Waals surface area contributed by atoms with Crippen molar-refractivity contribution in [2.75, 3.05) is 25.2 Å². The average Bonchev–Trinajstić information content (AvgIpc) is 3.24. The molecule has 39 heavy (non-hydrogen) atoms. The second-order valence-corrected chi connectivity index (χ2v) is 12.8. The molecule has 0 aliphatic carbocycles. The van der Waals surface area contributed by atoms with Crippen molar-refractivity contribution in [3.8, 4) is 11.4 Å². The van der Waals surface area contributed by atoms with Crippen LogP contribution in [0.1, 0.15) is 44.6 Å². The Morgan fingerprint density at radius 2 is 1.79 bits per heavy atom. The molecule has 0 aliphatic rings. The first-order valence-corrected chi connectivity index (χ1v) is 14.5. The van der Waals surface area contributed by atoms with E-state index in [0.29, 0.717) is 0 Å². The van der Waals surface area contributed by atoms with Crippen molar-refractivity contribution < 1.29 is 26.4 Å². The molecule has 0 radical (unpaired) electrons. The summed E-state index contributed by atoms with van der Waals surface area (Å²) in [7, 11) is -3.71. The number of benzene rings is 2. The van der Waals surface area contributed by atoms with E-state index >= 15 is 0 Å². The van der Waals surface area contributed by atoms with Crippen LogP contribution in [0.25, 0.3) is 11.4 Å². The smallest absolute Gasteiger partial charge is 0.238 e. The third-order valence-corrected chi connectivity index (χ3v) is 6.84. The van der Waals surface area contributed by atoms with Gasteiger partial charge in [0.15, 0.2) is 21.5 Å². The topological polar surface area (TPSA) is 111 Å². The summed E-state index contributed by atoms with van der Waals surface area (Å²) < 4.78 is 67.7. The van der Waals surface area contributed by atoms with Crippen molar-refractivity contribution in [2.45, 2.75) is 45.8 Å². The molecule has 0 saturated carbocycles. The molecule has 12 heteroatoms. The van der Waals surface area contributed by atoms with Gasteiger partial charge in [0, 0.05) is 18.8 Å². The molecule has 3 rings (SSSR count). The summed E-state index contributed by atoms with van der Waals surface area (Å²) in [6, 6.07) is 10.4. The number of nitrogens with two attached hydrogens (primary N) is 1. The summed E-state index contributed by atoms with van der Waals surface area (Å²) >= 11 is 0. The fraction of sp³-hybridized carbons (Fsp3) is 0.444. The van der Waals surface area contributed by atoms with E-state index in [1.807, 2.05) is 51.1 Å². The van der Waals surface area contributed by atoms with Gasteiger partial charge in [0.1, 0.15) is 24.1 Å². The lowest BCUT2D eigenvalue weighted by molar-refractivity contribution is -0.134. The molecular weight excluding hydrogens is 531 g/mol. The summed E-state index contributed by atoms with van der Waals surface area (Å²) in [5, 5.41) is 4.50. The van der Waals surface area contributed by atoms with Crippen LogP contribution >= 0.6 is 0 Å². The first-order valence-electron chi connectivity index (χ1n) is 12.4. The molecule has 8 nitrogen and oxygen atoms in total. The summed E-state index contributed by atoms with van der Waals surface area (Å²) in [6.45, 7) is 4.81. The number of sulfone groups is 1. The molecule has 2 unspecified atom stereocenters. The third-order valence-electron chi connectivity index (χ3n) is 6.07. The number of nitrogens with zero attached hydrogens (tertiary/aromatic N) is 4. The van der Waals surface area contributed by atoms with Gasteiger partial charge < -0.3 is 10.6 Å². The van der Waals surface area contributed by atoms with Crippen LogP contribution in [0.15, 0.2) is 48.5 Å². The van der Waals surface area contributed by atoms with Gasteiger partial charge in [0.25, 0.3) is 0 Å². The van der Waals surface area contributed by atoms with E-state index in [-0.39, 0.29) is 36.7 Å². The molecular formula is C27H34F3N5O3S. The number of carbonyl (C=O) groups is 1. The molecule has 2 aromatic carbocycles. The highest BCUT2D eigenvalue weighted by Crippen LogP contribution is 2.39. The van der Waals surface area contributed by atoms with Crippen LogP contribution in [0.4, 0.5) is 13.2 Å². The predicted octanol–water partition coefficient (Wildman–Crippen LogP) is 3.92. The van der Waals surface area contributed by atoms with Crippen LogP contribution in [-0.4, -0.2) is 65.3 Å². The highest BCUT2D eigenvalue weighted by Gasteiger charge is 2.39. The van der Waals surface area contributed by atoms with Gasteiger partial charge in [-0.1, -0.05) is 51.1 Å². The van der Waals surface area contributed by atoms with Crippen molar-refractivity contribution in [1.29, 1.82) is 0 Å². The van der Waals surface area contributed by atoms with Crippen LogP contribution < -0.4 is 5.73 Å². The summed E-state index contributed by atoms with van der Waals surface area (Å²) in [5.74, 6) is -2.75. The molecule has 1 aromatic heterocycles. The number of aromatic nitrogens is 3. The van der Waals surface area contributed by atoms with E-state index < -0.39 is 57.3 Å². The number of halogens is 3. The Kier molecular flexibility index (Phi) is 9.55. The van der Waals surface area contributed by atoms with Crippen molar-refractivity contribution in [3.63, 3.8) is 0 Å². The van der Waals surface area contributed by atoms with Crippen LogP contribution in [0.5, 0.6) is 0 Å².